The van der Waals surface area contributed by atoms with Gasteiger partial charge in [-0.1, -0.05) is 23.7 Å². The molecular weight excluding hydrogens is 303 g/mol. The van der Waals surface area contributed by atoms with Gasteiger partial charge in [0, 0.05) is 23.2 Å². The number of alkyl halides is 3. The maximum absolute atomic E-state index is 12.7. The molecule has 3 aromatic rings. The Morgan fingerprint density at radius 1 is 1.00 bits per heavy atom. The predicted octanol–water partition coefficient (Wildman–Crippen LogP) is 4.36. The summed E-state index contributed by atoms with van der Waals surface area (Å²) in [6.07, 6.45) is -3.00. The van der Waals surface area contributed by atoms with Crippen molar-refractivity contribution < 1.29 is 13.2 Å². The molecule has 0 amide bonds. The first-order valence-electron chi connectivity index (χ1n) is 5.90. The molecule has 0 bridgehead atoms. The summed E-state index contributed by atoms with van der Waals surface area (Å²) in [5.74, 6) is -1.25. The van der Waals surface area contributed by atoms with Gasteiger partial charge in [0.25, 0.3) is 0 Å². The van der Waals surface area contributed by atoms with E-state index in [0.29, 0.717) is 5.56 Å². The van der Waals surface area contributed by atoms with Crippen molar-refractivity contribution >= 4 is 22.5 Å². The number of aromatic nitrogens is 3. The third-order valence-electron chi connectivity index (χ3n) is 2.85. The number of nitrogens with zero attached hydrogens (tertiary/aromatic N) is 3. The summed E-state index contributed by atoms with van der Waals surface area (Å²) in [5, 5.41) is 0.553. The van der Waals surface area contributed by atoms with E-state index in [2.05, 4.69) is 15.0 Å². The van der Waals surface area contributed by atoms with Crippen LogP contribution >= 0.6 is 11.6 Å². The van der Waals surface area contributed by atoms with Crippen LogP contribution in [0.5, 0.6) is 0 Å². The van der Waals surface area contributed by atoms with Crippen molar-refractivity contribution in [2.24, 2.45) is 0 Å². The molecule has 0 N–H and O–H groups in total. The standard InChI is InChI=1S/C14H7ClF3N3/c15-12-7-11(20-13(21-12)14(16,17)18)9-3-4-10-8(6-9)2-1-5-19-10/h1-7H. The highest BCUT2D eigenvalue weighted by atomic mass is 35.5. The van der Waals surface area contributed by atoms with Crippen molar-refractivity contribution in [1.82, 2.24) is 15.0 Å². The molecule has 106 valence electrons. The normalized spacial score (nSPS) is 11.8. The van der Waals surface area contributed by atoms with Gasteiger partial charge in [-0.05, 0) is 18.2 Å². The SMILES string of the molecule is FC(F)(F)c1nc(Cl)cc(-c2ccc3ncccc3c2)n1. The molecule has 3 nitrogen and oxygen atoms in total. The van der Waals surface area contributed by atoms with Gasteiger partial charge in [0.15, 0.2) is 0 Å². The highest BCUT2D eigenvalue weighted by molar-refractivity contribution is 6.29. The van der Waals surface area contributed by atoms with Crippen molar-refractivity contribution in [1.29, 1.82) is 0 Å². The maximum Gasteiger partial charge on any atom is 0.451 e. The lowest BCUT2D eigenvalue weighted by molar-refractivity contribution is -0.144. The first-order chi connectivity index (χ1) is 9.93. The van der Waals surface area contributed by atoms with Crippen LogP contribution in [0.1, 0.15) is 5.82 Å². The molecule has 21 heavy (non-hydrogen) atoms. The van der Waals surface area contributed by atoms with E-state index in [0.717, 1.165) is 10.9 Å². The number of hydrogen-bond donors (Lipinski definition) is 0. The minimum absolute atomic E-state index is 0.119. The summed E-state index contributed by atoms with van der Waals surface area (Å²) in [4.78, 5) is 10.9. The molecule has 7 heteroatoms. The van der Waals surface area contributed by atoms with Crippen LogP contribution in [0.2, 0.25) is 5.15 Å². The fraction of sp³-hybridized carbons (Fsp3) is 0.0714. The molecule has 2 aromatic heterocycles. The molecule has 0 atom stereocenters. The third kappa shape index (κ3) is 2.80. The number of fused-ring (bicyclic) bond motifs is 1. The van der Waals surface area contributed by atoms with Gasteiger partial charge in [-0.3, -0.25) is 4.98 Å². The van der Waals surface area contributed by atoms with Crippen LogP contribution < -0.4 is 0 Å². The topological polar surface area (TPSA) is 38.7 Å². The predicted molar refractivity (Wildman–Crippen MR) is 72.8 cm³/mol. The van der Waals surface area contributed by atoms with Gasteiger partial charge in [0.1, 0.15) is 5.15 Å². The average molecular weight is 310 g/mol. The first-order valence-corrected chi connectivity index (χ1v) is 6.28. The summed E-state index contributed by atoms with van der Waals surface area (Å²) in [5.41, 5.74) is 1.39. The molecule has 0 aliphatic carbocycles. The van der Waals surface area contributed by atoms with Gasteiger partial charge in [-0.2, -0.15) is 13.2 Å². The van der Waals surface area contributed by atoms with Gasteiger partial charge >= 0.3 is 6.18 Å². The summed E-state index contributed by atoms with van der Waals surface area (Å²) in [6.45, 7) is 0. The van der Waals surface area contributed by atoms with E-state index in [-0.39, 0.29) is 10.8 Å². The van der Waals surface area contributed by atoms with E-state index in [1.54, 1.807) is 30.5 Å². The Hall–Kier alpha value is -2.21. The molecule has 0 fully saturated rings. The van der Waals surface area contributed by atoms with Crippen LogP contribution in [-0.4, -0.2) is 15.0 Å². The Bertz CT molecular complexity index is 818. The Morgan fingerprint density at radius 3 is 2.57 bits per heavy atom. The van der Waals surface area contributed by atoms with Crippen LogP contribution in [0.4, 0.5) is 13.2 Å². The molecule has 0 radical (unpaired) electrons. The molecule has 1 aromatic carbocycles. The zero-order chi connectivity index (χ0) is 15.0. The Morgan fingerprint density at radius 2 is 1.81 bits per heavy atom. The first kappa shape index (κ1) is 13.8. The Balaban J connectivity index is 2.16. The van der Waals surface area contributed by atoms with Gasteiger partial charge in [-0.15, -0.1) is 0 Å². The number of pyridine rings is 1. The van der Waals surface area contributed by atoms with E-state index in [9.17, 15) is 13.2 Å². The molecule has 0 unspecified atom stereocenters. The van der Waals surface area contributed by atoms with Crippen LogP contribution in [0.15, 0.2) is 42.6 Å². The number of benzene rings is 1. The zero-order valence-corrected chi connectivity index (χ0v) is 11.2. The lowest BCUT2D eigenvalue weighted by Gasteiger charge is -2.08. The van der Waals surface area contributed by atoms with Crippen molar-refractivity contribution in [2.45, 2.75) is 6.18 Å². The lowest BCUT2D eigenvalue weighted by Crippen LogP contribution is -2.11. The second-order valence-electron chi connectivity index (χ2n) is 4.31. The monoisotopic (exact) mass is 309 g/mol. The third-order valence-corrected chi connectivity index (χ3v) is 3.04. The number of hydrogen-bond acceptors (Lipinski definition) is 3. The quantitative estimate of drug-likeness (QED) is 0.627. The molecule has 0 aliphatic rings. The Kier molecular flexibility index (Phi) is 3.25. The summed E-state index contributed by atoms with van der Waals surface area (Å²) < 4.78 is 38.2. The van der Waals surface area contributed by atoms with Gasteiger partial charge in [0.2, 0.25) is 5.82 Å². The highest BCUT2D eigenvalue weighted by Crippen LogP contribution is 2.30. The highest BCUT2D eigenvalue weighted by Gasteiger charge is 2.35. The molecular formula is C14H7ClF3N3. The Labute approximate surface area is 122 Å². The minimum Gasteiger partial charge on any atom is -0.256 e. The summed E-state index contributed by atoms with van der Waals surface area (Å²) >= 11 is 5.66. The molecule has 2 heterocycles. The largest absolute Gasteiger partial charge is 0.451 e. The van der Waals surface area contributed by atoms with E-state index < -0.39 is 12.0 Å². The van der Waals surface area contributed by atoms with E-state index in [4.69, 9.17) is 11.6 Å². The maximum atomic E-state index is 12.7. The van der Waals surface area contributed by atoms with Gasteiger partial charge in [-0.25, -0.2) is 9.97 Å². The summed E-state index contributed by atoms with van der Waals surface area (Å²) in [6, 6.07) is 9.94. The average Bonchev–Trinajstić information content (AvgIpc) is 2.45. The fourth-order valence-electron chi connectivity index (χ4n) is 1.93. The van der Waals surface area contributed by atoms with Crippen LogP contribution in [-0.2, 0) is 6.18 Å². The van der Waals surface area contributed by atoms with E-state index >= 15 is 0 Å². The van der Waals surface area contributed by atoms with E-state index in [1.165, 1.54) is 6.07 Å². The number of rotatable bonds is 1. The molecule has 0 spiro atoms. The van der Waals surface area contributed by atoms with E-state index in [1.807, 2.05) is 6.07 Å². The second-order valence-corrected chi connectivity index (χ2v) is 4.70. The molecule has 0 saturated heterocycles. The molecule has 3 rings (SSSR count). The lowest BCUT2D eigenvalue weighted by atomic mass is 10.1. The van der Waals surface area contributed by atoms with Crippen molar-refractivity contribution in [3.63, 3.8) is 0 Å². The van der Waals surface area contributed by atoms with Gasteiger partial charge in [0.05, 0.1) is 11.2 Å². The van der Waals surface area contributed by atoms with Crippen LogP contribution in [0, 0.1) is 0 Å². The van der Waals surface area contributed by atoms with Crippen molar-refractivity contribution in [2.75, 3.05) is 0 Å². The van der Waals surface area contributed by atoms with Gasteiger partial charge < -0.3 is 0 Å². The smallest absolute Gasteiger partial charge is 0.256 e. The number of halogens is 4. The minimum atomic E-state index is -4.64. The second kappa shape index (κ2) is 4.96. The molecule has 0 aliphatic heterocycles. The van der Waals surface area contributed by atoms with Crippen LogP contribution in [0.3, 0.4) is 0 Å². The fourth-order valence-corrected chi connectivity index (χ4v) is 2.11. The zero-order valence-electron chi connectivity index (χ0n) is 10.4. The molecule has 0 saturated carbocycles. The summed E-state index contributed by atoms with van der Waals surface area (Å²) in [7, 11) is 0. The van der Waals surface area contributed by atoms with Crippen molar-refractivity contribution in [3.8, 4) is 11.3 Å². The van der Waals surface area contributed by atoms with Crippen LogP contribution in [0.25, 0.3) is 22.2 Å². The van der Waals surface area contributed by atoms with Crippen molar-refractivity contribution in [3.05, 3.63) is 53.6 Å².